The van der Waals surface area contributed by atoms with E-state index in [0.717, 1.165) is 11.5 Å². The number of rotatable bonds is 4. The molecule has 11 heteroatoms. The monoisotopic (exact) mass is 364 g/mol. The van der Waals surface area contributed by atoms with Gasteiger partial charge in [0.25, 0.3) is 5.56 Å². The van der Waals surface area contributed by atoms with Crippen molar-refractivity contribution in [2.75, 3.05) is 6.61 Å². The molecule has 9 nitrogen and oxygen atoms in total. The zero-order valence-electron chi connectivity index (χ0n) is 12.7. The van der Waals surface area contributed by atoms with Crippen LogP contribution in [0.2, 0.25) is 0 Å². The van der Waals surface area contributed by atoms with Crippen LogP contribution in [0.4, 0.5) is 4.39 Å². The number of hydrogen-bond acceptors (Lipinski definition) is 7. The molecule has 132 valence electrons. The molecule has 1 fully saturated rings. The van der Waals surface area contributed by atoms with Crippen LogP contribution in [0.1, 0.15) is 20.1 Å². The van der Waals surface area contributed by atoms with E-state index in [1.54, 1.807) is 4.98 Å². The van der Waals surface area contributed by atoms with Gasteiger partial charge in [-0.15, -0.1) is 11.6 Å². The Hall–Kier alpha value is -2.20. The van der Waals surface area contributed by atoms with Crippen LogP contribution in [0.3, 0.4) is 0 Å². The van der Waals surface area contributed by atoms with E-state index in [4.69, 9.17) is 25.8 Å². The second-order valence-corrected chi connectivity index (χ2v) is 5.53. The second-order valence-electron chi connectivity index (χ2n) is 5.03. The number of alkyl halides is 1. The van der Waals surface area contributed by atoms with Crippen molar-refractivity contribution in [3.05, 3.63) is 32.9 Å². The van der Waals surface area contributed by atoms with Crippen LogP contribution in [0.5, 0.6) is 0 Å². The lowest BCUT2D eigenvalue weighted by Gasteiger charge is -2.19. The molecular weight excluding hydrogens is 351 g/mol. The number of halogens is 2. The Morgan fingerprint density at radius 2 is 2.04 bits per heavy atom. The number of nitrogens with zero attached hydrogens (tertiary/aromatic N) is 1. The largest absolute Gasteiger partial charge is 0.463 e. The van der Waals surface area contributed by atoms with Gasteiger partial charge in [0.15, 0.2) is 12.3 Å². The first-order valence-electron chi connectivity index (χ1n) is 6.81. The summed E-state index contributed by atoms with van der Waals surface area (Å²) in [5.74, 6) is -2.47. The molecule has 0 unspecified atom stereocenters. The average Bonchev–Trinajstić information content (AvgIpc) is 2.77. The summed E-state index contributed by atoms with van der Waals surface area (Å²) in [6.07, 6.45) is -2.61. The fourth-order valence-electron chi connectivity index (χ4n) is 2.23. The summed E-state index contributed by atoms with van der Waals surface area (Å²) in [6.45, 7) is 2.03. The maximum atomic E-state index is 13.4. The van der Waals surface area contributed by atoms with Crippen molar-refractivity contribution in [3.63, 3.8) is 0 Å². The molecule has 1 aliphatic heterocycles. The Balaban J connectivity index is 2.33. The molecule has 2 heterocycles. The van der Waals surface area contributed by atoms with Gasteiger partial charge >= 0.3 is 17.6 Å². The minimum absolute atomic E-state index is 0.284. The first kappa shape index (κ1) is 18.1. The van der Waals surface area contributed by atoms with E-state index in [1.165, 1.54) is 6.92 Å². The van der Waals surface area contributed by atoms with Gasteiger partial charge in [-0.3, -0.25) is 23.9 Å². The lowest BCUT2D eigenvalue weighted by Crippen LogP contribution is -2.38. The first-order chi connectivity index (χ1) is 11.2. The summed E-state index contributed by atoms with van der Waals surface area (Å²) in [7, 11) is 0. The topological polar surface area (TPSA) is 117 Å². The van der Waals surface area contributed by atoms with Gasteiger partial charge in [0, 0.05) is 13.8 Å². The third kappa shape index (κ3) is 3.82. The highest BCUT2D eigenvalue weighted by Gasteiger charge is 2.47. The Bertz CT molecular complexity index is 761. The van der Waals surface area contributed by atoms with Crippen LogP contribution in [-0.4, -0.2) is 45.7 Å². The number of carbonyl (C=O) groups excluding carboxylic acids is 2. The minimum Gasteiger partial charge on any atom is -0.463 e. The minimum atomic E-state index is -1.24. The van der Waals surface area contributed by atoms with Gasteiger partial charge < -0.3 is 14.2 Å². The summed E-state index contributed by atoms with van der Waals surface area (Å²) in [4.78, 5) is 46.9. The quantitative estimate of drug-likeness (QED) is 0.574. The van der Waals surface area contributed by atoms with Crippen molar-refractivity contribution in [2.24, 2.45) is 0 Å². The Morgan fingerprint density at radius 1 is 1.38 bits per heavy atom. The van der Waals surface area contributed by atoms with Gasteiger partial charge in [-0.25, -0.2) is 4.79 Å². The van der Waals surface area contributed by atoms with E-state index in [0.29, 0.717) is 6.20 Å². The molecule has 0 saturated carbocycles. The normalized spacial score (nSPS) is 26.2. The van der Waals surface area contributed by atoms with Gasteiger partial charge in [-0.1, -0.05) is 0 Å². The van der Waals surface area contributed by atoms with E-state index in [-0.39, 0.29) is 6.61 Å². The molecule has 0 bridgehead atoms. The third-order valence-electron chi connectivity index (χ3n) is 3.22. The van der Waals surface area contributed by atoms with Crippen molar-refractivity contribution in [2.45, 2.75) is 37.7 Å². The molecule has 4 atom stereocenters. The van der Waals surface area contributed by atoms with E-state index in [9.17, 15) is 23.6 Å². The zero-order chi connectivity index (χ0) is 18.0. The lowest BCUT2D eigenvalue weighted by molar-refractivity contribution is -0.155. The van der Waals surface area contributed by atoms with E-state index >= 15 is 0 Å². The highest BCUT2D eigenvalue weighted by Crippen LogP contribution is 2.34. The van der Waals surface area contributed by atoms with E-state index in [2.05, 4.69) is 0 Å². The third-order valence-corrected chi connectivity index (χ3v) is 3.68. The number of H-pyrrole nitrogens is 1. The predicted octanol–water partition coefficient (Wildman–Crippen LogP) is -0.325. The average molecular weight is 365 g/mol. The van der Waals surface area contributed by atoms with E-state index in [1.807, 2.05) is 0 Å². The smallest absolute Gasteiger partial charge is 0.330 e. The molecule has 24 heavy (non-hydrogen) atoms. The van der Waals surface area contributed by atoms with Gasteiger partial charge in [-0.05, 0) is 0 Å². The molecule has 1 N–H and O–H groups in total. The number of aromatic amines is 1. The molecular formula is C13H14ClFN2O7. The molecule has 1 aromatic heterocycles. The standard InChI is InChI=1S/C13H14ClFN2O7/c1-5(18)22-4-8-10(23-6(2)19)9(14)12(24-8)17-3-7(15)11(20)16-13(17)21/h3,8-10,12H,4H2,1-2H3,(H,16,20,21)/t8-,9-,10-,12-/m1/s1. The molecule has 0 aromatic carbocycles. The summed E-state index contributed by atoms with van der Waals surface area (Å²) in [5, 5.41) is -1.09. The van der Waals surface area contributed by atoms with Crippen LogP contribution in [0.15, 0.2) is 15.8 Å². The molecule has 1 aliphatic rings. The highest BCUT2D eigenvalue weighted by molar-refractivity contribution is 6.21. The van der Waals surface area contributed by atoms with Crippen LogP contribution < -0.4 is 11.2 Å². The Morgan fingerprint density at radius 3 is 2.62 bits per heavy atom. The first-order valence-corrected chi connectivity index (χ1v) is 7.25. The zero-order valence-corrected chi connectivity index (χ0v) is 13.4. The maximum absolute atomic E-state index is 13.4. The fourth-order valence-corrected chi connectivity index (χ4v) is 2.63. The van der Waals surface area contributed by atoms with Gasteiger partial charge in [0.2, 0.25) is 5.82 Å². The fraction of sp³-hybridized carbons (Fsp3) is 0.538. The number of hydrogen-bond donors (Lipinski definition) is 1. The summed E-state index contributed by atoms with van der Waals surface area (Å²) < 4.78 is 29.5. The number of nitrogens with one attached hydrogen (secondary N) is 1. The van der Waals surface area contributed by atoms with Crippen LogP contribution >= 0.6 is 11.6 Å². The van der Waals surface area contributed by atoms with Gasteiger partial charge in [0.05, 0.1) is 6.20 Å². The van der Waals surface area contributed by atoms with Gasteiger partial charge in [0.1, 0.15) is 18.1 Å². The summed E-state index contributed by atoms with van der Waals surface area (Å²) >= 11 is 6.18. The van der Waals surface area contributed by atoms with Gasteiger partial charge in [-0.2, -0.15) is 4.39 Å². The van der Waals surface area contributed by atoms with Crippen LogP contribution in [0.25, 0.3) is 0 Å². The van der Waals surface area contributed by atoms with Crippen LogP contribution in [0, 0.1) is 5.82 Å². The Kier molecular flexibility index (Phi) is 5.40. The Labute approximate surface area is 139 Å². The van der Waals surface area contributed by atoms with Crippen molar-refractivity contribution in [3.8, 4) is 0 Å². The summed E-state index contributed by atoms with van der Waals surface area (Å²) in [6, 6.07) is 0. The lowest BCUT2D eigenvalue weighted by atomic mass is 10.1. The van der Waals surface area contributed by atoms with Crippen molar-refractivity contribution < 1.29 is 28.2 Å². The summed E-state index contributed by atoms with van der Waals surface area (Å²) in [5.41, 5.74) is -2.14. The molecule has 0 aliphatic carbocycles. The maximum Gasteiger partial charge on any atom is 0.330 e. The number of esters is 2. The van der Waals surface area contributed by atoms with Crippen molar-refractivity contribution in [1.29, 1.82) is 0 Å². The molecule has 0 radical (unpaired) electrons. The highest BCUT2D eigenvalue weighted by atomic mass is 35.5. The molecule has 2 rings (SSSR count). The van der Waals surface area contributed by atoms with Crippen LogP contribution in [-0.2, 0) is 23.8 Å². The SMILES string of the molecule is CC(=O)OC[C@H]1O[C@@H](n2cc(F)c(=O)[nH]c2=O)[C@H](Cl)[C@@H]1OC(C)=O. The molecule has 0 spiro atoms. The number of aromatic nitrogens is 2. The van der Waals surface area contributed by atoms with Crippen molar-refractivity contribution in [1.82, 2.24) is 9.55 Å². The number of carbonyl (C=O) groups is 2. The van der Waals surface area contributed by atoms with Crippen molar-refractivity contribution >= 4 is 23.5 Å². The second kappa shape index (κ2) is 7.14. The molecule has 1 aromatic rings. The van der Waals surface area contributed by atoms with E-state index < -0.39 is 52.8 Å². The molecule has 0 amide bonds. The predicted molar refractivity (Wildman–Crippen MR) is 77.0 cm³/mol. The number of ether oxygens (including phenoxy) is 3. The molecule has 1 saturated heterocycles.